The molecule has 0 unspecified atom stereocenters. The Morgan fingerprint density at radius 3 is 2.72 bits per heavy atom. The SMILES string of the molecule is COCc1c(C(=O)NCCCN2CCOCC2)c(=O)cc(C)n1CCc1cccc(Cl)c1. The Morgan fingerprint density at radius 2 is 2.00 bits per heavy atom. The van der Waals surface area contributed by atoms with Gasteiger partial charge in [0.05, 0.1) is 25.5 Å². The minimum atomic E-state index is -0.347. The Morgan fingerprint density at radius 1 is 1.22 bits per heavy atom. The highest BCUT2D eigenvalue weighted by atomic mass is 35.5. The molecule has 3 rings (SSSR count). The lowest BCUT2D eigenvalue weighted by molar-refractivity contribution is 0.0374. The summed E-state index contributed by atoms with van der Waals surface area (Å²) in [7, 11) is 1.57. The maximum absolute atomic E-state index is 13.0. The van der Waals surface area contributed by atoms with Crippen molar-refractivity contribution in [3.8, 4) is 0 Å². The van der Waals surface area contributed by atoms with Crippen molar-refractivity contribution in [2.24, 2.45) is 0 Å². The molecule has 8 heteroatoms. The van der Waals surface area contributed by atoms with Crippen molar-refractivity contribution in [3.63, 3.8) is 0 Å². The van der Waals surface area contributed by atoms with E-state index in [0.717, 1.165) is 56.9 Å². The second kappa shape index (κ2) is 12.2. The molecule has 1 fully saturated rings. The number of halogens is 1. The topological polar surface area (TPSA) is 72.8 Å². The van der Waals surface area contributed by atoms with Crippen LogP contribution in [0, 0.1) is 6.92 Å². The molecule has 1 N–H and O–H groups in total. The Bertz CT molecular complexity index is 970. The van der Waals surface area contributed by atoms with E-state index < -0.39 is 0 Å². The Kier molecular flexibility index (Phi) is 9.29. The summed E-state index contributed by atoms with van der Waals surface area (Å²) in [5.41, 5.74) is 2.38. The van der Waals surface area contributed by atoms with Gasteiger partial charge in [0, 0.05) is 50.1 Å². The van der Waals surface area contributed by atoms with Gasteiger partial charge in [0.25, 0.3) is 5.91 Å². The maximum atomic E-state index is 13.0. The predicted octanol–water partition coefficient (Wildman–Crippen LogP) is 2.65. The van der Waals surface area contributed by atoms with E-state index in [0.29, 0.717) is 23.8 Å². The molecule has 0 bridgehead atoms. The molecular formula is C24H32ClN3O4. The number of benzene rings is 1. The maximum Gasteiger partial charge on any atom is 0.257 e. The molecular weight excluding hydrogens is 430 g/mol. The molecule has 1 aliphatic rings. The van der Waals surface area contributed by atoms with E-state index in [1.54, 1.807) is 7.11 Å². The summed E-state index contributed by atoms with van der Waals surface area (Å²) in [5, 5.41) is 3.61. The second-order valence-electron chi connectivity index (χ2n) is 8.00. The van der Waals surface area contributed by atoms with Crippen molar-refractivity contribution in [3.05, 3.63) is 68.1 Å². The molecule has 1 saturated heterocycles. The molecule has 0 saturated carbocycles. The van der Waals surface area contributed by atoms with Crippen LogP contribution in [0.5, 0.6) is 0 Å². The quantitative estimate of drug-likeness (QED) is 0.551. The summed E-state index contributed by atoms with van der Waals surface area (Å²) >= 11 is 6.11. The molecule has 1 aromatic carbocycles. The molecule has 32 heavy (non-hydrogen) atoms. The van der Waals surface area contributed by atoms with E-state index in [4.69, 9.17) is 21.1 Å². The first-order chi connectivity index (χ1) is 15.5. The fraction of sp³-hybridized carbons (Fsp3) is 0.500. The first kappa shape index (κ1) is 24.5. The summed E-state index contributed by atoms with van der Waals surface area (Å²) in [6.07, 6.45) is 1.54. The number of methoxy groups -OCH3 is 1. The van der Waals surface area contributed by atoms with Crippen molar-refractivity contribution in [1.82, 2.24) is 14.8 Å². The number of hydrogen-bond acceptors (Lipinski definition) is 5. The minimum Gasteiger partial charge on any atom is -0.379 e. The number of hydrogen-bond donors (Lipinski definition) is 1. The second-order valence-corrected chi connectivity index (χ2v) is 8.44. The van der Waals surface area contributed by atoms with Crippen LogP contribution < -0.4 is 10.7 Å². The van der Waals surface area contributed by atoms with E-state index in [1.165, 1.54) is 6.07 Å². The van der Waals surface area contributed by atoms with E-state index in [2.05, 4.69) is 10.2 Å². The first-order valence-corrected chi connectivity index (χ1v) is 11.4. The van der Waals surface area contributed by atoms with E-state index in [9.17, 15) is 9.59 Å². The van der Waals surface area contributed by atoms with Gasteiger partial charge in [-0.25, -0.2) is 0 Å². The van der Waals surface area contributed by atoms with Crippen molar-refractivity contribution in [2.75, 3.05) is 46.5 Å². The number of ether oxygens (including phenoxy) is 2. The Hall–Kier alpha value is -2.19. The van der Waals surface area contributed by atoms with Gasteiger partial charge in [0.2, 0.25) is 0 Å². The van der Waals surface area contributed by atoms with Crippen molar-refractivity contribution in [2.45, 2.75) is 32.9 Å². The Labute approximate surface area is 194 Å². The van der Waals surface area contributed by atoms with E-state index in [-0.39, 0.29) is 23.5 Å². The van der Waals surface area contributed by atoms with Crippen LogP contribution in [-0.2, 0) is 29.0 Å². The molecule has 0 radical (unpaired) electrons. The number of carbonyl (C=O) groups is 1. The molecule has 1 aliphatic heterocycles. The zero-order chi connectivity index (χ0) is 22.9. The highest BCUT2D eigenvalue weighted by molar-refractivity contribution is 6.30. The number of rotatable bonds is 10. The van der Waals surface area contributed by atoms with Crippen LogP contribution in [0.2, 0.25) is 5.02 Å². The van der Waals surface area contributed by atoms with E-state index in [1.807, 2.05) is 35.8 Å². The summed E-state index contributed by atoms with van der Waals surface area (Å²) in [4.78, 5) is 28.0. The molecule has 0 spiro atoms. The van der Waals surface area contributed by atoms with Crippen LogP contribution in [0.25, 0.3) is 0 Å². The minimum absolute atomic E-state index is 0.162. The van der Waals surface area contributed by atoms with Gasteiger partial charge in [-0.1, -0.05) is 23.7 Å². The van der Waals surface area contributed by atoms with Crippen LogP contribution in [0.4, 0.5) is 0 Å². The van der Waals surface area contributed by atoms with Gasteiger partial charge >= 0.3 is 0 Å². The number of pyridine rings is 1. The van der Waals surface area contributed by atoms with Gasteiger partial charge in [-0.3, -0.25) is 14.5 Å². The highest BCUT2D eigenvalue weighted by Gasteiger charge is 2.20. The highest BCUT2D eigenvalue weighted by Crippen LogP contribution is 2.15. The average molecular weight is 462 g/mol. The van der Waals surface area contributed by atoms with Gasteiger partial charge in [-0.05, 0) is 44.0 Å². The fourth-order valence-electron chi connectivity index (χ4n) is 4.02. The average Bonchev–Trinajstić information content (AvgIpc) is 2.77. The van der Waals surface area contributed by atoms with Crippen LogP contribution in [-0.4, -0.2) is 61.9 Å². The number of aryl methyl sites for hydroxylation is 2. The fourth-order valence-corrected chi connectivity index (χ4v) is 4.23. The van der Waals surface area contributed by atoms with Gasteiger partial charge in [0.15, 0.2) is 5.43 Å². The summed E-state index contributed by atoms with van der Waals surface area (Å²) in [6.45, 7) is 7.43. The molecule has 7 nitrogen and oxygen atoms in total. The number of morpholine rings is 1. The number of aromatic nitrogens is 1. The van der Waals surface area contributed by atoms with Gasteiger partial charge in [-0.15, -0.1) is 0 Å². The third kappa shape index (κ3) is 6.65. The largest absolute Gasteiger partial charge is 0.379 e. The molecule has 0 aliphatic carbocycles. The lowest BCUT2D eigenvalue weighted by atomic mass is 10.1. The van der Waals surface area contributed by atoms with Crippen LogP contribution in [0.3, 0.4) is 0 Å². The van der Waals surface area contributed by atoms with Gasteiger partial charge < -0.3 is 19.4 Å². The third-order valence-corrected chi connectivity index (χ3v) is 5.92. The predicted molar refractivity (Wildman–Crippen MR) is 126 cm³/mol. The van der Waals surface area contributed by atoms with Gasteiger partial charge in [0.1, 0.15) is 5.56 Å². The van der Waals surface area contributed by atoms with Gasteiger partial charge in [-0.2, -0.15) is 0 Å². The molecule has 174 valence electrons. The van der Waals surface area contributed by atoms with Crippen molar-refractivity contribution >= 4 is 17.5 Å². The zero-order valence-electron chi connectivity index (χ0n) is 18.9. The monoisotopic (exact) mass is 461 g/mol. The standard InChI is InChI=1S/C24H32ClN3O4/c1-18-15-22(29)23(24(30)26-8-4-9-27-11-13-32-14-12-27)21(17-31-2)28(18)10-7-19-5-3-6-20(25)16-19/h3,5-6,15-16H,4,7-14,17H2,1-2H3,(H,26,30). The number of nitrogens with zero attached hydrogens (tertiary/aromatic N) is 2. The summed E-state index contributed by atoms with van der Waals surface area (Å²) < 4.78 is 12.7. The molecule has 1 amide bonds. The van der Waals surface area contributed by atoms with Crippen LogP contribution in [0.1, 0.15) is 33.7 Å². The number of nitrogens with one attached hydrogen (secondary N) is 1. The van der Waals surface area contributed by atoms with Crippen molar-refractivity contribution in [1.29, 1.82) is 0 Å². The lowest BCUT2D eigenvalue weighted by Crippen LogP contribution is -2.38. The molecule has 2 heterocycles. The third-order valence-electron chi connectivity index (χ3n) is 5.69. The van der Waals surface area contributed by atoms with Crippen molar-refractivity contribution < 1.29 is 14.3 Å². The number of carbonyl (C=O) groups excluding carboxylic acids is 1. The smallest absolute Gasteiger partial charge is 0.257 e. The van der Waals surface area contributed by atoms with E-state index >= 15 is 0 Å². The normalized spacial score (nSPS) is 14.5. The summed E-state index contributed by atoms with van der Waals surface area (Å²) in [5.74, 6) is -0.347. The lowest BCUT2D eigenvalue weighted by Gasteiger charge is -2.26. The first-order valence-electron chi connectivity index (χ1n) is 11.0. The summed E-state index contributed by atoms with van der Waals surface area (Å²) in [6, 6.07) is 9.23. The zero-order valence-corrected chi connectivity index (χ0v) is 19.6. The Balaban J connectivity index is 1.71. The molecule has 1 aromatic heterocycles. The molecule has 0 atom stereocenters. The van der Waals surface area contributed by atoms with Crippen LogP contribution >= 0.6 is 11.6 Å². The van der Waals surface area contributed by atoms with Crippen LogP contribution in [0.15, 0.2) is 35.1 Å². The molecule has 2 aromatic rings. The number of amides is 1.